The molecule has 3 aromatic carbocycles. The van der Waals surface area contributed by atoms with Crippen molar-refractivity contribution >= 4 is 55.2 Å². The number of fused-ring (bicyclic) bond motifs is 3. The summed E-state index contributed by atoms with van der Waals surface area (Å²) in [6.07, 6.45) is 0. The van der Waals surface area contributed by atoms with Crippen LogP contribution in [-0.4, -0.2) is 20.9 Å². The van der Waals surface area contributed by atoms with Crippen molar-refractivity contribution in [1.29, 1.82) is 0 Å². The van der Waals surface area contributed by atoms with Gasteiger partial charge in [0.1, 0.15) is 0 Å². The zero-order chi connectivity index (χ0) is 14.2. The van der Waals surface area contributed by atoms with Gasteiger partial charge in [0, 0.05) is 0 Å². The van der Waals surface area contributed by atoms with E-state index in [4.69, 9.17) is 0 Å². The van der Waals surface area contributed by atoms with Gasteiger partial charge in [-0.05, 0) is 0 Å². The molecule has 0 N–H and O–H groups in total. The van der Waals surface area contributed by atoms with Crippen molar-refractivity contribution in [1.82, 2.24) is 0 Å². The van der Waals surface area contributed by atoms with E-state index in [1.54, 1.807) is 3.61 Å². The molecule has 0 nitrogen and oxygen atoms in total. The van der Waals surface area contributed by atoms with Crippen LogP contribution >= 0.6 is 10.5 Å². The van der Waals surface area contributed by atoms with Crippen molar-refractivity contribution < 1.29 is 0 Å². The molecule has 0 spiro atoms. The van der Waals surface area contributed by atoms with E-state index in [9.17, 15) is 0 Å². The molecule has 0 bridgehead atoms. The van der Waals surface area contributed by atoms with Crippen LogP contribution in [0.2, 0.25) is 4.97 Å². The first-order valence-corrected chi connectivity index (χ1v) is 11.7. The maximum absolute atomic E-state index is 2.44. The predicted molar refractivity (Wildman–Crippen MR) is 96.5 cm³/mol. The fourth-order valence-corrected chi connectivity index (χ4v) is 6.46. The molecule has 21 heavy (non-hydrogen) atoms. The van der Waals surface area contributed by atoms with Crippen LogP contribution in [0.5, 0.6) is 0 Å². The van der Waals surface area contributed by atoms with Crippen LogP contribution in [0.4, 0.5) is 0 Å². The van der Waals surface area contributed by atoms with Gasteiger partial charge in [0.05, 0.1) is 0 Å². The molecule has 1 atom stereocenters. The maximum atomic E-state index is 2.44. The van der Waals surface area contributed by atoms with E-state index in [1.165, 1.54) is 25.1 Å². The quantitative estimate of drug-likeness (QED) is 0.323. The van der Waals surface area contributed by atoms with Gasteiger partial charge in [-0.2, -0.15) is 0 Å². The van der Waals surface area contributed by atoms with Crippen molar-refractivity contribution in [3.63, 3.8) is 0 Å². The standard InChI is InChI=1S/C19H15STe/c1-21-15-11-12-19-17(13-15)16-9-5-6-10-18(16)20(19)14-7-3-2-4-8-14/h2-13H,1H3/q+1. The Balaban J connectivity index is 2.17. The molecule has 0 aliphatic heterocycles. The Morgan fingerprint density at radius 3 is 2.24 bits per heavy atom. The van der Waals surface area contributed by atoms with Gasteiger partial charge in [0.2, 0.25) is 0 Å². The second-order valence-electron chi connectivity index (χ2n) is 4.98. The Morgan fingerprint density at radius 1 is 0.714 bits per heavy atom. The summed E-state index contributed by atoms with van der Waals surface area (Å²) >= 11 is -0.0279. The molecule has 0 aliphatic rings. The minimum atomic E-state index is -0.0279. The molecule has 1 unspecified atom stereocenters. The summed E-state index contributed by atoms with van der Waals surface area (Å²) in [5.74, 6) is 0. The van der Waals surface area contributed by atoms with E-state index in [2.05, 4.69) is 77.8 Å². The van der Waals surface area contributed by atoms with Crippen molar-refractivity contribution in [2.45, 2.75) is 4.97 Å². The first kappa shape index (κ1) is 13.3. The normalized spacial score (nSPS) is 12.1. The van der Waals surface area contributed by atoms with Crippen molar-refractivity contribution in [2.75, 3.05) is 0 Å². The molecule has 0 saturated carbocycles. The topological polar surface area (TPSA) is 0 Å². The third-order valence-corrected chi connectivity index (χ3v) is 8.19. The van der Waals surface area contributed by atoms with Gasteiger partial charge in [-0.3, -0.25) is 0 Å². The van der Waals surface area contributed by atoms with Crippen molar-refractivity contribution in [3.8, 4) is 4.90 Å². The zero-order valence-corrected chi connectivity index (χ0v) is 14.9. The van der Waals surface area contributed by atoms with Gasteiger partial charge in [0.25, 0.3) is 0 Å². The molecule has 0 fully saturated rings. The molecule has 1 heterocycles. The SMILES string of the molecule is C[Te]c1ccc2c(c1)c1ccccc1[s+]2-c1ccccc1. The van der Waals surface area contributed by atoms with Crippen LogP contribution in [0.25, 0.3) is 25.1 Å². The van der Waals surface area contributed by atoms with Crippen LogP contribution < -0.4 is 3.61 Å². The van der Waals surface area contributed by atoms with Crippen LogP contribution in [0, 0.1) is 0 Å². The molecule has 4 rings (SSSR count). The van der Waals surface area contributed by atoms with Crippen LogP contribution in [0.15, 0.2) is 72.8 Å². The van der Waals surface area contributed by atoms with E-state index in [0.29, 0.717) is 0 Å². The number of hydrogen-bond donors (Lipinski definition) is 0. The Bertz CT molecular complexity index is 922. The summed E-state index contributed by atoms with van der Waals surface area (Å²) in [6.45, 7) is 0. The number of benzene rings is 3. The first-order valence-electron chi connectivity index (χ1n) is 6.95. The molecular weight excluding hydrogens is 388 g/mol. The second-order valence-corrected chi connectivity index (χ2v) is 9.45. The van der Waals surface area contributed by atoms with E-state index in [1.807, 2.05) is 0 Å². The van der Waals surface area contributed by atoms with Gasteiger partial charge in [-0.15, -0.1) is 0 Å². The van der Waals surface area contributed by atoms with Gasteiger partial charge in [0.15, 0.2) is 0 Å². The Kier molecular flexibility index (Phi) is 3.47. The Morgan fingerprint density at radius 2 is 1.43 bits per heavy atom. The van der Waals surface area contributed by atoms with E-state index in [-0.39, 0.29) is 31.4 Å². The predicted octanol–water partition coefficient (Wildman–Crippen LogP) is 5.11. The molecule has 0 radical (unpaired) electrons. The number of hydrogen-bond acceptors (Lipinski definition) is 0. The molecular formula is C19H15STe+. The van der Waals surface area contributed by atoms with Crippen LogP contribution in [-0.2, 0) is 0 Å². The molecule has 2 heteroatoms. The van der Waals surface area contributed by atoms with Crippen LogP contribution in [0.1, 0.15) is 0 Å². The third kappa shape index (κ3) is 2.19. The summed E-state index contributed by atoms with van der Waals surface area (Å²) < 4.78 is 4.52. The van der Waals surface area contributed by atoms with E-state index in [0.717, 1.165) is 0 Å². The average molecular weight is 403 g/mol. The second kappa shape index (κ2) is 5.46. The number of thiophene rings is 1. The summed E-state index contributed by atoms with van der Waals surface area (Å²) in [5, 5.41) is 2.89. The molecule has 0 amide bonds. The third-order valence-electron chi connectivity index (χ3n) is 3.78. The minimum absolute atomic E-state index is 0.0279. The molecule has 1 aromatic heterocycles. The Hall–Kier alpha value is -1.33. The molecule has 0 saturated heterocycles. The van der Waals surface area contributed by atoms with Crippen LogP contribution in [0.3, 0.4) is 0 Å². The van der Waals surface area contributed by atoms with Crippen molar-refractivity contribution in [3.05, 3.63) is 72.8 Å². The van der Waals surface area contributed by atoms with Gasteiger partial charge >= 0.3 is 138 Å². The Labute approximate surface area is 137 Å². The summed E-state index contributed by atoms with van der Waals surface area (Å²) in [6, 6.07) is 27.0. The number of rotatable bonds is 2. The molecule has 0 aliphatic carbocycles. The average Bonchev–Trinajstić information content (AvgIpc) is 2.89. The monoisotopic (exact) mass is 405 g/mol. The zero-order valence-electron chi connectivity index (χ0n) is 11.7. The molecule has 102 valence electrons. The summed E-state index contributed by atoms with van der Waals surface area (Å²) in [7, 11) is 0.0636. The fourth-order valence-electron chi connectivity index (χ4n) is 2.82. The van der Waals surface area contributed by atoms with Crippen molar-refractivity contribution in [2.24, 2.45) is 0 Å². The fraction of sp³-hybridized carbons (Fsp3) is 0.0526. The van der Waals surface area contributed by atoms with Gasteiger partial charge in [-0.25, -0.2) is 0 Å². The van der Waals surface area contributed by atoms with Gasteiger partial charge < -0.3 is 0 Å². The van der Waals surface area contributed by atoms with Gasteiger partial charge in [-0.1, -0.05) is 0 Å². The summed E-state index contributed by atoms with van der Waals surface area (Å²) in [4.78, 5) is 3.77. The molecule has 4 aromatic rings. The first-order chi connectivity index (χ1) is 10.4. The van der Waals surface area contributed by atoms with E-state index < -0.39 is 0 Å². The van der Waals surface area contributed by atoms with E-state index >= 15 is 0 Å². The summed E-state index contributed by atoms with van der Waals surface area (Å²) in [5.41, 5.74) is 0.